The SMILES string of the molecule is CC(=C(CO)CO)c1ccccc1. The fraction of sp³-hybridized carbons (Fsp3) is 0.273. The second kappa shape index (κ2) is 4.80. The van der Waals surface area contributed by atoms with Crippen LogP contribution in [-0.4, -0.2) is 23.4 Å². The highest BCUT2D eigenvalue weighted by Gasteiger charge is 2.01. The van der Waals surface area contributed by atoms with Gasteiger partial charge in [0.25, 0.3) is 0 Å². The Bertz CT molecular complexity index is 282. The first-order valence-electron chi connectivity index (χ1n) is 4.25. The summed E-state index contributed by atoms with van der Waals surface area (Å²) in [5.41, 5.74) is 2.66. The molecule has 13 heavy (non-hydrogen) atoms. The standard InChI is InChI=1S/C11H14O2/c1-9(11(7-12)8-13)10-5-3-2-4-6-10/h2-6,12-13H,7-8H2,1H3. The van der Waals surface area contributed by atoms with Crippen LogP contribution in [0.1, 0.15) is 12.5 Å². The third kappa shape index (κ3) is 2.41. The zero-order valence-corrected chi connectivity index (χ0v) is 7.70. The van der Waals surface area contributed by atoms with Crippen LogP contribution in [0.2, 0.25) is 0 Å². The lowest BCUT2D eigenvalue weighted by molar-refractivity contribution is 0.277. The molecule has 2 N–H and O–H groups in total. The van der Waals surface area contributed by atoms with Gasteiger partial charge in [0, 0.05) is 0 Å². The summed E-state index contributed by atoms with van der Waals surface area (Å²) >= 11 is 0. The molecule has 2 heteroatoms. The van der Waals surface area contributed by atoms with E-state index in [2.05, 4.69) is 0 Å². The minimum Gasteiger partial charge on any atom is -0.392 e. The molecule has 0 aromatic heterocycles. The molecular formula is C11H14O2. The van der Waals surface area contributed by atoms with Crippen molar-refractivity contribution in [2.75, 3.05) is 13.2 Å². The molecule has 0 aliphatic rings. The molecule has 2 nitrogen and oxygen atoms in total. The van der Waals surface area contributed by atoms with E-state index in [1.54, 1.807) is 0 Å². The Morgan fingerprint density at radius 1 is 1.08 bits per heavy atom. The molecule has 0 bridgehead atoms. The molecule has 0 atom stereocenters. The Morgan fingerprint density at radius 3 is 2.08 bits per heavy atom. The predicted molar refractivity (Wildman–Crippen MR) is 53.2 cm³/mol. The van der Waals surface area contributed by atoms with E-state index in [0.29, 0.717) is 5.57 Å². The third-order valence-electron chi connectivity index (χ3n) is 2.12. The number of allylic oxidation sites excluding steroid dienone is 1. The molecule has 0 radical (unpaired) electrons. The van der Waals surface area contributed by atoms with E-state index in [1.165, 1.54) is 0 Å². The van der Waals surface area contributed by atoms with Gasteiger partial charge in [0.1, 0.15) is 0 Å². The van der Waals surface area contributed by atoms with Crippen LogP contribution < -0.4 is 0 Å². The Hall–Kier alpha value is -1.12. The molecule has 0 aliphatic heterocycles. The second-order valence-electron chi connectivity index (χ2n) is 2.91. The van der Waals surface area contributed by atoms with Crippen molar-refractivity contribution in [2.24, 2.45) is 0 Å². The van der Waals surface area contributed by atoms with Gasteiger partial charge in [-0.1, -0.05) is 30.3 Å². The Morgan fingerprint density at radius 2 is 1.62 bits per heavy atom. The van der Waals surface area contributed by atoms with Crippen LogP contribution in [0.25, 0.3) is 5.57 Å². The topological polar surface area (TPSA) is 40.5 Å². The molecule has 0 aliphatic carbocycles. The number of aliphatic hydroxyl groups excluding tert-OH is 2. The number of rotatable bonds is 3. The number of aliphatic hydroxyl groups is 2. The van der Waals surface area contributed by atoms with Gasteiger partial charge in [-0.3, -0.25) is 0 Å². The van der Waals surface area contributed by atoms with Crippen molar-refractivity contribution < 1.29 is 10.2 Å². The summed E-state index contributed by atoms with van der Waals surface area (Å²) in [5, 5.41) is 17.9. The van der Waals surface area contributed by atoms with Crippen LogP contribution in [-0.2, 0) is 0 Å². The summed E-state index contributed by atoms with van der Waals surface area (Å²) in [4.78, 5) is 0. The highest BCUT2D eigenvalue weighted by Crippen LogP contribution is 2.16. The van der Waals surface area contributed by atoms with Crippen molar-refractivity contribution in [1.29, 1.82) is 0 Å². The predicted octanol–water partition coefficient (Wildman–Crippen LogP) is 1.44. The molecule has 70 valence electrons. The monoisotopic (exact) mass is 178 g/mol. The van der Waals surface area contributed by atoms with Crippen molar-refractivity contribution in [1.82, 2.24) is 0 Å². The van der Waals surface area contributed by atoms with Gasteiger partial charge in [-0.15, -0.1) is 0 Å². The van der Waals surface area contributed by atoms with Gasteiger partial charge in [0.2, 0.25) is 0 Å². The molecule has 1 aromatic carbocycles. The number of hydrogen-bond donors (Lipinski definition) is 2. The van der Waals surface area contributed by atoms with E-state index < -0.39 is 0 Å². The lowest BCUT2D eigenvalue weighted by atomic mass is 10.0. The van der Waals surface area contributed by atoms with Gasteiger partial charge in [0.05, 0.1) is 13.2 Å². The van der Waals surface area contributed by atoms with E-state index >= 15 is 0 Å². The quantitative estimate of drug-likeness (QED) is 0.735. The van der Waals surface area contributed by atoms with Crippen molar-refractivity contribution in [3.05, 3.63) is 41.5 Å². The van der Waals surface area contributed by atoms with Gasteiger partial charge in [0.15, 0.2) is 0 Å². The van der Waals surface area contributed by atoms with Crippen LogP contribution >= 0.6 is 0 Å². The van der Waals surface area contributed by atoms with Gasteiger partial charge in [-0.05, 0) is 23.6 Å². The molecule has 0 saturated carbocycles. The fourth-order valence-electron chi connectivity index (χ4n) is 1.18. The van der Waals surface area contributed by atoms with E-state index in [4.69, 9.17) is 10.2 Å². The van der Waals surface area contributed by atoms with Crippen LogP contribution in [0.15, 0.2) is 35.9 Å². The van der Waals surface area contributed by atoms with Gasteiger partial charge in [-0.25, -0.2) is 0 Å². The summed E-state index contributed by atoms with van der Waals surface area (Å²) < 4.78 is 0. The van der Waals surface area contributed by atoms with E-state index in [-0.39, 0.29) is 13.2 Å². The van der Waals surface area contributed by atoms with E-state index in [0.717, 1.165) is 11.1 Å². The number of hydrogen-bond acceptors (Lipinski definition) is 2. The van der Waals surface area contributed by atoms with Gasteiger partial charge < -0.3 is 10.2 Å². The first kappa shape index (κ1) is 9.96. The Balaban J connectivity index is 3.01. The van der Waals surface area contributed by atoms with Crippen molar-refractivity contribution in [3.8, 4) is 0 Å². The molecule has 0 heterocycles. The molecule has 0 fully saturated rings. The minimum atomic E-state index is -0.0861. The molecule has 1 rings (SSSR count). The second-order valence-corrected chi connectivity index (χ2v) is 2.91. The molecule has 0 amide bonds. The lowest BCUT2D eigenvalue weighted by Gasteiger charge is -2.06. The maximum absolute atomic E-state index is 8.94. The van der Waals surface area contributed by atoms with Crippen LogP contribution in [0.5, 0.6) is 0 Å². The lowest BCUT2D eigenvalue weighted by Crippen LogP contribution is -1.99. The summed E-state index contributed by atoms with van der Waals surface area (Å²) in [6.07, 6.45) is 0. The Labute approximate surface area is 78.2 Å². The molecule has 1 aromatic rings. The summed E-state index contributed by atoms with van der Waals surface area (Å²) in [7, 11) is 0. The first-order valence-corrected chi connectivity index (χ1v) is 4.25. The third-order valence-corrected chi connectivity index (χ3v) is 2.12. The smallest absolute Gasteiger partial charge is 0.0669 e. The van der Waals surface area contributed by atoms with Gasteiger partial charge >= 0.3 is 0 Å². The van der Waals surface area contributed by atoms with Crippen LogP contribution in [0.4, 0.5) is 0 Å². The molecule has 0 saturated heterocycles. The highest BCUT2D eigenvalue weighted by molar-refractivity contribution is 5.67. The largest absolute Gasteiger partial charge is 0.392 e. The maximum atomic E-state index is 8.94. The van der Waals surface area contributed by atoms with Crippen molar-refractivity contribution in [2.45, 2.75) is 6.92 Å². The minimum absolute atomic E-state index is 0.0861. The first-order chi connectivity index (χ1) is 6.29. The molecular weight excluding hydrogens is 164 g/mol. The Kier molecular flexibility index (Phi) is 3.68. The van der Waals surface area contributed by atoms with E-state index in [1.807, 2.05) is 37.3 Å². The van der Waals surface area contributed by atoms with Crippen molar-refractivity contribution in [3.63, 3.8) is 0 Å². The van der Waals surface area contributed by atoms with Crippen LogP contribution in [0.3, 0.4) is 0 Å². The number of benzene rings is 1. The summed E-state index contributed by atoms with van der Waals surface area (Å²) in [6, 6.07) is 9.73. The zero-order valence-electron chi connectivity index (χ0n) is 7.70. The summed E-state index contributed by atoms with van der Waals surface area (Å²) in [6.45, 7) is 1.73. The fourth-order valence-corrected chi connectivity index (χ4v) is 1.18. The summed E-state index contributed by atoms with van der Waals surface area (Å²) in [5.74, 6) is 0. The zero-order chi connectivity index (χ0) is 9.68. The van der Waals surface area contributed by atoms with Crippen LogP contribution in [0, 0.1) is 0 Å². The van der Waals surface area contributed by atoms with Gasteiger partial charge in [-0.2, -0.15) is 0 Å². The molecule has 0 spiro atoms. The average molecular weight is 178 g/mol. The van der Waals surface area contributed by atoms with Crippen molar-refractivity contribution >= 4 is 5.57 Å². The highest BCUT2D eigenvalue weighted by atomic mass is 16.3. The van der Waals surface area contributed by atoms with E-state index in [9.17, 15) is 0 Å². The maximum Gasteiger partial charge on any atom is 0.0669 e. The molecule has 0 unspecified atom stereocenters. The normalized spacial score (nSPS) is 9.77. The average Bonchev–Trinajstić information content (AvgIpc) is 2.21.